The average molecular weight is 252 g/mol. The highest BCUT2D eigenvalue weighted by atomic mass is 33.1. The molecular formula is C11H25PS2. The predicted octanol–water partition coefficient (Wildman–Crippen LogP) is 5.77. The maximum absolute atomic E-state index is 2.42. The Bertz CT molecular complexity index is 97.5. The predicted molar refractivity (Wildman–Crippen MR) is 76.8 cm³/mol. The monoisotopic (exact) mass is 252 g/mol. The Hall–Kier alpha value is 1.13. The van der Waals surface area contributed by atoms with Crippen molar-refractivity contribution in [2.75, 3.05) is 18.2 Å². The van der Waals surface area contributed by atoms with Crippen LogP contribution in [-0.4, -0.2) is 18.2 Å². The van der Waals surface area contributed by atoms with Crippen molar-refractivity contribution in [1.82, 2.24) is 0 Å². The van der Waals surface area contributed by atoms with Gasteiger partial charge in [-0.25, -0.2) is 0 Å². The molecule has 0 atom stereocenters. The lowest BCUT2D eigenvalue weighted by Crippen LogP contribution is -1.79. The second-order valence-corrected chi connectivity index (χ2v) is 11.3. The van der Waals surface area contributed by atoms with Gasteiger partial charge in [-0.15, -0.1) is 22.8 Å². The third-order valence-electron chi connectivity index (χ3n) is 2.04. The number of hydrogen-bond acceptors (Lipinski definition) is 2. The van der Waals surface area contributed by atoms with E-state index in [1.54, 1.807) is 0 Å². The molecular weight excluding hydrogens is 227 g/mol. The fraction of sp³-hybridized carbons (Fsp3) is 1.00. The summed E-state index contributed by atoms with van der Waals surface area (Å²) in [4.78, 5) is 0. The molecule has 0 aromatic carbocycles. The van der Waals surface area contributed by atoms with Crippen LogP contribution in [0.2, 0.25) is 0 Å². The highest BCUT2D eigenvalue weighted by Gasteiger charge is 2.01. The van der Waals surface area contributed by atoms with Crippen LogP contribution < -0.4 is 0 Å². The first-order valence-electron chi connectivity index (χ1n) is 5.80. The molecule has 0 bridgehead atoms. The number of hydrogen-bond donors (Lipinski definition) is 0. The van der Waals surface area contributed by atoms with Gasteiger partial charge >= 0.3 is 0 Å². The van der Waals surface area contributed by atoms with Crippen LogP contribution in [0.3, 0.4) is 0 Å². The Morgan fingerprint density at radius 3 is 1.57 bits per heavy atom. The van der Waals surface area contributed by atoms with Crippen LogP contribution in [0.15, 0.2) is 0 Å². The molecule has 0 aliphatic carbocycles. The number of unbranched alkanes of at least 4 members (excludes halogenated alkanes) is 4. The summed E-state index contributed by atoms with van der Waals surface area (Å²) < 4.78 is 0. The SMILES string of the molecule is CCCCCSP(C)SCCCCC. The maximum Gasteiger partial charge on any atom is 0.00903 e. The minimum Gasteiger partial charge on any atom is -0.123 e. The lowest BCUT2D eigenvalue weighted by Gasteiger charge is -2.10. The summed E-state index contributed by atoms with van der Waals surface area (Å²) in [6, 6.07) is 0. The molecule has 0 heterocycles. The molecule has 0 nitrogen and oxygen atoms in total. The lowest BCUT2D eigenvalue weighted by molar-refractivity contribution is 0.779. The van der Waals surface area contributed by atoms with Gasteiger partial charge in [-0.05, 0) is 31.0 Å². The van der Waals surface area contributed by atoms with Gasteiger partial charge in [0.05, 0.1) is 0 Å². The molecule has 0 unspecified atom stereocenters. The van der Waals surface area contributed by atoms with E-state index in [0.29, 0.717) is 0 Å². The lowest BCUT2D eigenvalue weighted by atomic mass is 10.3. The van der Waals surface area contributed by atoms with E-state index in [1.807, 2.05) is 0 Å². The van der Waals surface area contributed by atoms with Crippen LogP contribution in [0.25, 0.3) is 0 Å². The molecule has 0 spiro atoms. The summed E-state index contributed by atoms with van der Waals surface area (Å²) >= 11 is 4.40. The Balaban J connectivity index is 3.07. The van der Waals surface area contributed by atoms with Crippen LogP contribution in [0.4, 0.5) is 0 Å². The Morgan fingerprint density at radius 2 is 1.21 bits per heavy atom. The largest absolute Gasteiger partial charge is 0.123 e. The van der Waals surface area contributed by atoms with Crippen LogP contribution in [-0.2, 0) is 0 Å². The first-order chi connectivity index (χ1) is 6.81. The smallest absolute Gasteiger partial charge is 0.00903 e. The first-order valence-corrected chi connectivity index (χ1v) is 10.8. The third-order valence-corrected chi connectivity index (χ3v) is 8.89. The van der Waals surface area contributed by atoms with Crippen molar-refractivity contribution in [1.29, 1.82) is 0 Å². The Labute approximate surface area is 99.6 Å². The molecule has 0 aliphatic heterocycles. The Morgan fingerprint density at radius 1 is 0.786 bits per heavy atom. The van der Waals surface area contributed by atoms with Gasteiger partial charge in [-0.1, -0.05) is 39.5 Å². The summed E-state index contributed by atoms with van der Waals surface area (Å²) in [7, 11) is 0. The Kier molecular flexibility index (Phi) is 13.2. The molecule has 0 aliphatic rings. The van der Waals surface area contributed by atoms with Gasteiger partial charge in [0.25, 0.3) is 0 Å². The van der Waals surface area contributed by atoms with Gasteiger partial charge in [-0.3, -0.25) is 0 Å². The highest BCUT2D eigenvalue weighted by molar-refractivity contribution is 8.88. The van der Waals surface area contributed by atoms with Crippen molar-refractivity contribution in [2.24, 2.45) is 0 Å². The van der Waals surface area contributed by atoms with E-state index in [4.69, 9.17) is 0 Å². The fourth-order valence-electron chi connectivity index (χ4n) is 1.13. The first kappa shape index (κ1) is 15.1. The van der Waals surface area contributed by atoms with Crippen LogP contribution in [0.1, 0.15) is 52.4 Å². The van der Waals surface area contributed by atoms with Crippen LogP contribution in [0, 0.1) is 0 Å². The molecule has 0 rings (SSSR count). The van der Waals surface area contributed by atoms with Crippen molar-refractivity contribution in [3.63, 3.8) is 0 Å². The van der Waals surface area contributed by atoms with Gasteiger partial charge in [0.1, 0.15) is 0 Å². The quantitative estimate of drug-likeness (QED) is 0.357. The van der Waals surface area contributed by atoms with E-state index in [0.717, 1.165) is 0 Å². The summed E-state index contributed by atoms with van der Waals surface area (Å²) in [5.41, 5.74) is 0. The zero-order chi connectivity index (χ0) is 10.6. The van der Waals surface area contributed by atoms with E-state index in [9.17, 15) is 0 Å². The minimum absolute atomic E-state index is 0.220. The van der Waals surface area contributed by atoms with Crippen molar-refractivity contribution in [3.05, 3.63) is 0 Å². The molecule has 86 valence electrons. The molecule has 0 aromatic rings. The molecule has 0 radical (unpaired) electrons. The normalized spacial score (nSPS) is 11.1. The van der Waals surface area contributed by atoms with Crippen LogP contribution in [0.5, 0.6) is 0 Å². The van der Waals surface area contributed by atoms with E-state index in [1.165, 1.54) is 50.0 Å². The molecule has 0 N–H and O–H groups in total. The second-order valence-electron chi connectivity index (χ2n) is 3.52. The van der Waals surface area contributed by atoms with Gasteiger partial charge in [-0.2, -0.15) is 0 Å². The summed E-state index contributed by atoms with van der Waals surface area (Å²) in [5, 5.41) is 0. The van der Waals surface area contributed by atoms with E-state index < -0.39 is 0 Å². The maximum atomic E-state index is 2.42. The summed E-state index contributed by atoms with van der Waals surface area (Å²) in [6.07, 6.45) is 8.59. The van der Waals surface area contributed by atoms with E-state index in [2.05, 4.69) is 43.3 Å². The van der Waals surface area contributed by atoms with Gasteiger partial charge in [0.2, 0.25) is 0 Å². The zero-order valence-corrected chi connectivity index (χ0v) is 12.4. The number of rotatable bonds is 10. The van der Waals surface area contributed by atoms with Crippen molar-refractivity contribution >= 4 is 29.1 Å². The van der Waals surface area contributed by atoms with Gasteiger partial charge in [0.15, 0.2) is 0 Å². The van der Waals surface area contributed by atoms with Crippen molar-refractivity contribution in [3.8, 4) is 0 Å². The molecule has 0 fully saturated rings. The molecule has 0 saturated heterocycles. The second kappa shape index (κ2) is 12.2. The summed E-state index contributed by atoms with van der Waals surface area (Å²) in [6.45, 7) is 6.97. The van der Waals surface area contributed by atoms with Crippen molar-refractivity contribution < 1.29 is 0 Å². The van der Waals surface area contributed by atoms with Gasteiger partial charge < -0.3 is 0 Å². The zero-order valence-electron chi connectivity index (χ0n) is 9.92. The standard InChI is InChI=1S/C11H25PS2/c1-4-6-8-10-13-12(3)14-11-9-7-5-2/h4-11H2,1-3H3. The fourth-order valence-corrected chi connectivity index (χ4v) is 6.94. The van der Waals surface area contributed by atoms with E-state index >= 15 is 0 Å². The molecule has 0 amide bonds. The highest BCUT2D eigenvalue weighted by Crippen LogP contribution is 2.58. The molecule has 14 heavy (non-hydrogen) atoms. The van der Waals surface area contributed by atoms with E-state index in [-0.39, 0.29) is 6.33 Å². The minimum atomic E-state index is 0.220. The average Bonchev–Trinajstić information content (AvgIpc) is 2.19. The summed E-state index contributed by atoms with van der Waals surface area (Å²) in [5.74, 6) is 2.77. The van der Waals surface area contributed by atoms with Crippen molar-refractivity contribution in [2.45, 2.75) is 52.4 Å². The molecule has 0 aromatic heterocycles. The molecule has 0 saturated carbocycles. The third kappa shape index (κ3) is 11.2. The molecule has 3 heteroatoms. The topological polar surface area (TPSA) is 0 Å². The van der Waals surface area contributed by atoms with Gasteiger partial charge in [0, 0.05) is 6.33 Å². The van der Waals surface area contributed by atoms with Crippen LogP contribution >= 0.6 is 29.1 Å².